The summed E-state index contributed by atoms with van der Waals surface area (Å²) >= 11 is 0. The third-order valence-corrected chi connectivity index (χ3v) is 2.51. The molecule has 0 aliphatic rings. The van der Waals surface area contributed by atoms with Gasteiger partial charge in [-0.05, 0) is 33.1 Å². The van der Waals surface area contributed by atoms with Crippen LogP contribution < -0.4 is 0 Å². The summed E-state index contributed by atoms with van der Waals surface area (Å²) in [6.45, 7) is 4.67. The molecule has 90 valence electrons. The van der Waals surface area contributed by atoms with Crippen molar-refractivity contribution < 1.29 is 19.4 Å². The van der Waals surface area contributed by atoms with E-state index in [1.54, 1.807) is 14.0 Å². The van der Waals surface area contributed by atoms with Crippen LogP contribution in [0.1, 0.15) is 33.1 Å². The topological polar surface area (TPSA) is 55.8 Å². The summed E-state index contributed by atoms with van der Waals surface area (Å²) in [6.07, 6.45) is 1.87. The fourth-order valence-corrected chi connectivity index (χ4v) is 1.43. The predicted octanol–water partition coefficient (Wildman–Crippen LogP) is 1.36. The van der Waals surface area contributed by atoms with E-state index in [-0.39, 0.29) is 12.6 Å². The van der Waals surface area contributed by atoms with Crippen molar-refractivity contribution in [2.75, 3.05) is 26.9 Å². The van der Waals surface area contributed by atoms with Crippen molar-refractivity contribution in [2.45, 2.75) is 33.1 Å². The zero-order valence-electron chi connectivity index (χ0n) is 9.91. The summed E-state index contributed by atoms with van der Waals surface area (Å²) in [5.74, 6) is -0.199. The van der Waals surface area contributed by atoms with Crippen LogP contribution in [0.5, 0.6) is 0 Å². The van der Waals surface area contributed by atoms with E-state index in [4.69, 9.17) is 14.6 Å². The van der Waals surface area contributed by atoms with Gasteiger partial charge < -0.3 is 14.6 Å². The Labute approximate surface area is 91.6 Å². The number of rotatable bonds is 8. The van der Waals surface area contributed by atoms with Gasteiger partial charge in [0, 0.05) is 20.3 Å². The van der Waals surface area contributed by atoms with Crippen LogP contribution in [0.3, 0.4) is 0 Å². The van der Waals surface area contributed by atoms with Gasteiger partial charge in [-0.25, -0.2) is 0 Å². The molecule has 0 fully saturated rings. The molecule has 0 amide bonds. The van der Waals surface area contributed by atoms with Crippen LogP contribution >= 0.6 is 0 Å². The molecule has 15 heavy (non-hydrogen) atoms. The maximum absolute atomic E-state index is 11.7. The van der Waals surface area contributed by atoms with E-state index in [0.717, 1.165) is 0 Å². The first-order valence-electron chi connectivity index (χ1n) is 5.37. The number of esters is 1. The molecule has 0 rings (SSSR count). The van der Waals surface area contributed by atoms with Crippen LogP contribution in [0.2, 0.25) is 0 Å². The zero-order valence-corrected chi connectivity index (χ0v) is 9.91. The highest BCUT2D eigenvalue weighted by atomic mass is 16.5. The molecule has 1 N–H and O–H groups in total. The minimum Gasteiger partial charge on any atom is -0.466 e. The molecule has 0 aromatic rings. The van der Waals surface area contributed by atoms with Crippen molar-refractivity contribution in [3.8, 4) is 0 Å². The van der Waals surface area contributed by atoms with E-state index >= 15 is 0 Å². The Morgan fingerprint density at radius 1 is 1.40 bits per heavy atom. The first kappa shape index (κ1) is 14.4. The van der Waals surface area contributed by atoms with Crippen molar-refractivity contribution in [3.63, 3.8) is 0 Å². The van der Waals surface area contributed by atoms with Crippen molar-refractivity contribution in [1.29, 1.82) is 0 Å². The fourth-order valence-electron chi connectivity index (χ4n) is 1.43. The molecule has 4 nitrogen and oxygen atoms in total. The summed E-state index contributed by atoms with van der Waals surface area (Å²) in [5.41, 5.74) is -0.533. The number of aliphatic hydroxyl groups excluding tert-OH is 1. The second-order valence-corrected chi connectivity index (χ2v) is 3.85. The Bertz CT molecular complexity index is 171. The monoisotopic (exact) mass is 218 g/mol. The Kier molecular flexibility index (Phi) is 7.34. The number of carbonyl (C=O) groups is 1. The Morgan fingerprint density at radius 3 is 2.53 bits per heavy atom. The Hall–Kier alpha value is -0.610. The molecular formula is C11H22O4. The minimum atomic E-state index is -0.533. The molecule has 0 aliphatic carbocycles. The number of hydrogen-bond donors (Lipinski definition) is 1. The number of methoxy groups -OCH3 is 1. The molecule has 0 saturated carbocycles. The zero-order chi connectivity index (χ0) is 11.7. The molecule has 1 unspecified atom stereocenters. The van der Waals surface area contributed by atoms with Gasteiger partial charge in [0.2, 0.25) is 0 Å². The van der Waals surface area contributed by atoms with Crippen molar-refractivity contribution in [1.82, 2.24) is 0 Å². The van der Waals surface area contributed by atoms with E-state index in [1.807, 2.05) is 6.92 Å². The molecule has 0 aromatic carbocycles. The average Bonchev–Trinajstić information content (AvgIpc) is 2.24. The van der Waals surface area contributed by atoms with Gasteiger partial charge in [-0.15, -0.1) is 0 Å². The maximum atomic E-state index is 11.7. The molecule has 1 atom stereocenters. The fraction of sp³-hybridized carbons (Fsp3) is 0.909. The average molecular weight is 218 g/mol. The largest absolute Gasteiger partial charge is 0.466 e. The summed E-state index contributed by atoms with van der Waals surface area (Å²) < 4.78 is 10.0. The minimum absolute atomic E-state index is 0.0992. The molecular weight excluding hydrogens is 196 g/mol. The Morgan fingerprint density at radius 2 is 2.07 bits per heavy atom. The van der Waals surface area contributed by atoms with Crippen molar-refractivity contribution in [3.05, 3.63) is 0 Å². The third kappa shape index (κ3) is 5.14. The lowest BCUT2D eigenvalue weighted by Crippen LogP contribution is -2.31. The number of carbonyl (C=O) groups excluding carboxylic acids is 1. The molecule has 0 spiro atoms. The first-order valence-corrected chi connectivity index (χ1v) is 5.37. The number of hydrogen-bond acceptors (Lipinski definition) is 4. The number of ether oxygens (including phenoxy) is 2. The van der Waals surface area contributed by atoms with E-state index in [2.05, 4.69) is 0 Å². The highest BCUT2D eigenvalue weighted by Crippen LogP contribution is 2.29. The Balaban J connectivity index is 4.30. The van der Waals surface area contributed by atoms with Gasteiger partial charge in [0.1, 0.15) is 0 Å². The third-order valence-electron chi connectivity index (χ3n) is 2.51. The molecule has 0 aliphatic heterocycles. The van der Waals surface area contributed by atoms with Gasteiger partial charge >= 0.3 is 5.97 Å². The van der Waals surface area contributed by atoms with Crippen LogP contribution in [0.15, 0.2) is 0 Å². The molecule has 0 bridgehead atoms. The van der Waals surface area contributed by atoms with Crippen molar-refractivity contribution >= 4 is 5.97 Å². The molecule has 0 saturated heterocycles. The molecule has 0 aromatic heterocycles. The lowest BCUT2D eigenvalue weighted by atomic mass is 9.82. The van der Waals surface area contributed by atoms with Crippen LogP contribution in [0, 0.1) is 5.41 Å². The van der Waals surface area contributed by atoms with E-state index in [9.17, 15) is 4.79 Å². The second-order valence-electron chi connectivity index (χ2n) is 3.85. The van der Waals surface area contributed by atoms with Crippen LogP contribution in [0.25, 0.3) is 0 Å². The molecule has 4 heteroatoms. The summed E-state index contributed by atoms with van der Waals surface area (Å²) in [4.78, 5) is 11.7. The van der Waals surface area contributed by atoms with Gasteiger partial charge in [0.15, 0.2) is 0 Å². The van der Waals surface area contributed by atoms with Gasteiger partial charge in [0.25, 0.3) is 0 Å². The lowest BCUT2D eigenvalue weighted by Gasteiger charge is -2.26. The van der Waals surface area contributed by atoms with Gasteiger partial charge in [-0.1, -0.05) is 0 Å². The summed E-state index contributed by atoms with van der Waals surface area (Å²) in [6, 6.07) is 0. The summed E-state index contributed by atoms with van der Waals surface area (Å²) in [7, 11) is 1.61. The SMILES string of the molecule is CCOC(=O)C(C)(CCCO)CCOC. The van der Waals surface area contributed by atoms with Crippen LogP contribution in [0.4, 0.5) is 0 Å². The number of aliphatic hydroxyl groups is 1. The second kappa shape index (κ2) is 7.65. The van der Waals surface area contributed by atoms with Crippen LogP contribution in [-0.2, 0) is 14.3 Å². The first-order chi connectivity index (χ1) is 7.10. The van der Waals surface area contributed by atoms with E-state index in [0.29, 0.717) is 32.5 Å². The van der Waals surface area contributed by atoms with E-state index in [1.165, 1.54) is 0 Å². The van der Waals surface area contributed by atoms with E-state index < -0.39 is 5.41 Å². The quantitative estimate of drug-likeness (QED) is 0.625. The van der Waals surface area contributed by atoms with Gasteiger partial charge in [-0.3, -0.25) is 4.79 Å². The summed E-state index contributed by atoms with van der Waals surface area (Å²) in [5, 5.41) is 8.78. The predicted molar refractivity (Wildman–Crippen MR) is 57.6 cm³/mol. The van der Waals surface area contributed by atoms with Gasteiger partial charge in [0.05, 0.1) is 12.0 Å². The normalized spacial score (nSPS) is 14.7. The molecule has 0 radical (unpaired) electrons. The lowest BCUT2D eigenvalue weighted by molar-refractivity contribution is -0.156. The highest BCUT2D eigenvalue weighted by Gasteiger charge is 2.33. The standard InChI is InChI=1S/C11H22O4/c1-4-15-10(13)11(2,6-5-8-12)7-9-14-3/h12H,4-9H2,1-3H3. The molecule has 0 heterocycles. The van der Waals surface area contributed by atoms with Gasteiger partial charge in [-0.2, -0.15) is 0 Å². The van der Waals surface area contributed by atoms with Crippen LogP contribution in [-0.4, -0.2) is 38.0 Å². The highest BCUT2D eigenvalue weighted by molar-refractivity contribution is 5.76. The maximum Gasteiger partial charge on any atom is 0.311 e. The smallest absolute Gasteiger partial charge is 0.311 e. The van der Waals surface area contributed by atoms with Crippen molar-refractivity contribution in [2.24, 2.45) is 5.41 Å².